The van der Waals surface area contributed by atoms with E-state index in [4.69, 9.17) is 9.47 Å². The van der Waals surface area contributed by atoms with Crippen LogP contribution in [0, 0.1) is 0 Å². The van der Waals surface area contributed by atoms with Crippen molar-refractivity contribution in [1.82, 2.24) is 5.32 Å². The summed E-state index contributed by atoms with van der Waals surface area (Å²) in [5, 5.41) is 2.75. The second kappa shape index (κ2) is 7.12. The molecule has 0 aliphatic rings. The Morgan fingerprint density at radius 3 is 2.40 bits per heavy atom. The largest absolute Gasteiger partial charge is 0.491 e. The van der Waals surface area contributed by atoms with E-state index in [1.807, 2.05) is 39.8 Å². The lowest BCUT2D eigenvalue weighted by Gasteiger charge is -2.22. The Bertz CT molecular complexity index is 426. The molecule has 0 radical (unpaired) electrons. The molecule has 1 atom stereocenters. The first kappa shape index (κ1) is 16.3. The molecule has 0 saturated heterocycles. The Kier molecular flexibility index (Phi) is 5.80. The van der Waals surface area contributed by atoms with Gasteiger partial charge in [0, 0.05) is 0 Å². The number of nitrogens with one attached hydrogen (secondary N) is 1. The summed E-state index contributed by atoms with van der Waals surface area (Å²) in [6.45, 7) is 6.83. The van der Waals surface area contributed by atoms with E-state index in [1.165, 1.54) is 0 Å². The maximum atomic E-state index is 12.0. The van der Waals surface area contributed by atoms with Crippen molar-refractivity contribution in [2.75, 3.05) is 13.3 Å². The van der Waals surface area contributed by atoms with Crippen LogP contribution in [-0.2, 0) is 4.74 Å². The molecule has 0 aliphatic heterocycles. The third-order valence-electron chi connectivity index (χ3n) is 2.46. The number of ether oxygens (including phenoxy) is 2. The fraction of sp³-hybridized carbons (Fsp3) is 0.533. The zero-order chi connectivity index (χ0) is 15.2. The number of hydrogen-bond donors (Lipinski definition) is 1. The van der Waals surface area contributed by atoms with Crippen molar-refractivity contribution in [2.24, 2.45) is 0 Å². The van der Waals surface area contributed by atoms with Crippen LogP contribution in [0.15, 0.2) is 24.3 Å². The van der Waals surface area contributed by atoms with Gasteiger partial charge in [0.25, 0.3) is 0 Å². The molecular weight excluding hydrogens is 261 g/mol. The van der Waals surface area contributed by atoms with Gasteiger partial charge in [0.2, 0.25) is 0 Å². The van der Waals surface area contributed by atoms with Crippen molar-refractivity contribution in [3.63, 3.8) is 0 Å². The van der Waals surface area contributed by atoms with Crippen LogP contribution in [0.5, 0.6) is 5.75 Å². The van der Waals surface area contributed by atoms with Gasteiger partial charge in [0.1, 0.15) is 24.6 Å². The highest BCUT2D eigenvalue weighted by molar-refractivity contribution is 5.68. The van der Waals surface area contributed by atoms with Gasteiger partial charge in [-0.1, -0.05) is 12.1 Å². The normalized spacial score (nSPS) is 12.7. The highest BCUT2D eigenvalue weighted by atomic mass is 19.1. The van der Waals surface area contributed by atoms with Gasteiger partial charge in [-0.05, 0) is 45.4 Å². The quantitative estimate of drug-likeness (QED) is 0.897. The molecule has 1 rings (SSSR count). The van der Waals surface area contributed by atoms with Gasteiger partial charge in [-0.3, -0.25) is 0 Å². The molecule has 0 heterocycles. The molecule has 1 aromatic carbocycles. The topological polar surface area (TPSA) is 47.6 Å². The smallest absolute Gasteiger partial charge is 0.408 e. The van der Waals surface area contributed by atoms with Crippen LogP contribution in [0.1, 0.15) is 39.3 Å². The number of rotatable bonds is 5. The Hall–Kier alpha value is -1.78. The monoisotopic (exact) mass is 283 g/mol. The fourth-order valence-corrected chi connectivity index (χ4v) is 1.58. The Labute approximate surface area is 119 Å². The lowest BCUT2D eigenvalue weighted by atomic mass is 10.1. The lowest BCUT2D eigenvalue weighted by Crippen LogP contribution is -2.34. The van der Waals surface area contributed by atoms with E-state index in [0.29, 0.717) is 5.75 Å². The number of carbonyl (C=O) groups is 1. The van der Waals surface area contributed by atoms with Crippen LogP contribution in [0.3, 0.4) is 0 Å². The second-order valence-corrected chi connectivity index (χ2v) is 5.47. The van der Waals surface area contributed by atoms with Gasteiger partial charge < -0.3 is 14.8 Å². The van der Waals surface area contributed by atoms with E-state index in [0.717, 1.165) is 5.56 Å². The van der Waals surface area contributed by atoms with Crippen molar-refractivity contribution < 1.29 is 18.7 Å². The minimum atomic E-state index is -0.520. The van der Waals surface area contributed by atoms with Crippen molar-refractivity contribution in [2.45, 2.75) is 39.3 Å². The Morgan fingerprint density at radius 2 is 1.90 bits per heavy atom. The van der Waals surface area contributed by atoms with Crippen LogP contribution < -0.4 is 10.1 Å². The number of carbonyl (C=O) groups excluding carboxylic acids is 1. The molecule has 1 aromatic rings. The first-order chi connectivity index (χ1) is 9.31. The molecule has 0 saturated carbocycles. The molecule has 0 aromatic heterocycles. The summed E-state index contributed by atoms with van der Waals surface area (Å²) < 4.78 is 22.3. The molecule has 0 unspecified atom stereocenters. The van der Waals surface area contributed by atoms with E-state index in [-0.39, 0.29) is 12.6 Å². The fourth-order valence-electron chi connectivity index (χ4n) is 1.58. The summed E-state index contributed by atoms with van der Waals surface area (Å²) in [6, 6.07) is 6.97. The summed E-state index contributed by atoms with van der Waals surface area (Å²) in [5.74, 6) is 0.607. The average Bonchev–Trinajstić information content (AvgIpc) is 2.34. The maximum absolute atomic E-state index is 12.0. The van der Waals surface area contributed by atoms with Crippen molar-refractivity contribution in [3.8, 4) is 5.75 Å². The first-order valence-electron chi connectivity index (χ1n) is 6.60. The molecule has 0 fully saturated rings. The predicted octanol–water partition coefficient (Wildman–Crippen LogP) is 3.62. The van der Waals surface area contributed by atoms with E-state index < -0.39 is 18.4 Å². The van der Waals surface area contributed by atoms with Gasteiger partial charge in [-0.25, -0.2) is 9.18 Å². The summed E-state index contributed by atoms with van der Waals surface area (Å²) in [4.78, 5) is 11.7. The number of halogens is 1. The maximum Gasteiger partial charge on any atom is 0.408 e. The number of alkyl halides is 1. The molecule has 0 spiro atoms. The molecule has 5 heteroatoms. The SMILES string of the molecule is C[C@@H](NC(=O)OC(C)(C)C)c1ccc(OCCF)cc1. The summed E-state index contributed by atoms with van der Waals surface area (Å²) in [7, 11) is 0. The molecular formula is C15H22FNO3. The first-order valence-corrected chi connectivity index (χ1v) is 6.60. The van der Waals surface area contributed by atoms with E-state index >= 15 is 0 Å². The number of benzene rings is 1. The van der Waals surface area contributed by atoms with Crippen LogP contribution in [0.2, 0.25) is 0 Å². The third kappa shape index (κ3) is 5.91. The Balaban J connectivity index is 2.55. The van der Waals surface area contributed by atoms with E-state index in [9.17, 15) is 9.18 Å². The van der Waals surface area contributed by atoms with Gasteiger partial charge in [-0.15, -0.1) is 0 Å². The average molecular weight is 283 g/mol. The standard InChI is InChI=1S/C15H22FNO3/c1-11(17-14(18)20-15(2,3)4)12-5-7-13(8-6-12)19-10-9-16/h5-8,11H,9-10H2,1-4H3,(H,17,18)/t11-/m1/s1. The minimum Gasteiger partial charge on any atom is -0.491 e. The van der Waals surface area contributed by atoms with Crippen LogP contribution in [0.4, 0.5) is 9.18 Å². The predicted molar refractivity (Wildman–Crippen MR) is 75.7 cm³/mol. The van der Waals surface area contributed by atoms with Crippen molar-refractivity contribution in [3.05, 3.63) is 29.8 Å². The van der Waals surface area contributed by atoms with Crippen LogP contribution in [0.25, 0.3) is 0 Å². The van der Waals surface area contributed by atoms with E-state index in [1.54, 1.807) is 12.1 Å². The zero-order valence-electron chi connectivity index (χ0n) is 12.4. The van der Waals surface area contributed by atoms with Gasteiger partial charge >= 0.3 is 6.09 Å². The molecule has 1 amide bonds. The molecule has 1 N–H and O–H groups in total. The summed E-state index contributed by atoms with van der Waals surface area (Å²) in [5.41, 5.74) is 0.400. The highest BCUT2D eigenvalue weighted by Crippen LogP contribution is 2.18. The zero-order valence-corrected chi connectivity index (χ0v) is 12.4. The number of hydrogen-bond acceptors (Lipinski definition) is 3. The van der Waals surface area contributed by atoms with Crippen molar-refractivity contribution >= 4 is 6.09 Å². The lowest BCUT2D eigenvalue weighted by molar-refractivity contribution is 0.0508. The summed E-state index contributed by atoms with van der Waals surface area (Å²) >= 11 is 0. The Morgan fingerprint density at radius 1 is 1.30 bits per heavy atom. The minimum absolute atomic E-state index is 0.0467. The van der Waals surface area contributed by atoms with Gasteiger partial charge in [0.15, 0.2) is 0 Å². The van der Waals surface area contributed by atoms with Crippen molar-refractivity contribution in [1.29, 1.82) is 0 Å². The number of alkyl carbamates (subject to hydrolysis) is 1. The van der Waals surface area contributed by atoms with Gasteiger partial charge in [-0.2, -0.15) is 0 Å². The molecule has 0 aliphatic carbocycles. The van der Waals surface area contributed by atoms with E-state index in [2.05, 4.69) is 5.32 Å². The molecule has 20 heavy (non-hydrogen) atoms. The highest BCUT2D eigenvalue weighted by Gasteiger charge is 2.18. The van der Waals surface area contributed by atoms with Crippen LogP contribution in [-0.4, -0.2) is 25.0 Å². The van der Waals surface area contributed by atoms with Gasteiger partial charge in [0.05, 0.1) is 6.04 Å². The van der Waals surface area contributed by atoms with Crippen LogP contribution >= 0.6 is 0 Å². The molecule has 0 bridgehead atoms. The number of amides is 1. The third-order valence-corrected chi connectivity index (χ3v) is 2.46. The molecule has 4 nitrogen and oxygen atoms in total. The molecule has 112 valence electrons. The second-order valence-electron chi connectivity index (χ2n) is 5.47. The summed E-state index contributed by atoms with van der Waals surface area (Å²) in [6.07, 6.45) is -0.456.